The number of unbranched alkanes of at least 4 members (excludes halogenated alkanes) is 1. The highest BCUT2D eigenvalue weighted by molar-refractivity contribution is 7.89. The molecule has 1 amide bonds. The minimum absolute atomic E-state index is 0.0144. The highest BCUT2D eigenvalue weighted by Crippen LogP contribution is 2.25. The lowest BCUT2D eigenvalue weighted by molar-refractivity contribution is 0.0935. The third kappa shape index (κ3) is 5.05. The SMILES string of the molecule is CCCCC(CN)NC(=O)c1ccc(S(=O)(=O)N2CCCCC2C)cc1. The van der Waals surface area contributed by atoms with Gasteiger partial charge in [0.1, 0.15) is 0 Å². The molecule has 0 aromatic heterocycles. The Morgan fingerprint density at radius 2 is 2.00 bits per heavy atom. The van der Waals surface area contributed by atoms with Gasteiger partial charge >= 0.3 is 0 Å². The molecule has 1 saturated heterocycles. The van der Waals surface area contributed by atoms with E-state index in [0.29, 0.717) is 18.7 Å². The van der Waals surface area contributed by atoms with Crippen molar-refractivity contribution in [2.75, 3.05) is 13.1 Å². The Morgan fingerprint density at radius 1 is 1.31 bits per heavy atom. The summed E-state index contributed by atoms with van der Waals surface area (Å²) >= 11 is 0. The van der Waals surface area contributed by atoms with Crippen molar-refractivity contribution in [3.05, 3.63) is 29.8 Å². The van der Waals surface area contributed by atoms with Crippen molar-refractivity contribution >= 4 is 15.9 Å². The van der Waals surface area contributed by atoms with Gasteiger partial charge in [-0.1, -0.05) is 26.2 Å². The maximum atomic E-state index is 12.8. The summed E-state index contributed by atoms with van der Waals surface area (Å²) in [5.41, 5.74) is 6.17. The first-order chi connectivity index (χ1) is 12.4. The maximum Gasteiger partial charge on any atom is 0.251 e. The lowest BCUT2D eigenvalue weighted by Gasteiger charge is -2.32. The molecule has 1 aliphatic rings. The van der Waals surface area contributed by atoms with E-state index in [0.717, 1.165) is 38.5 Å². The first kappa shape index (κ1) is 20.9. The summed E-state index contributed by atoms with van der Waals surface area (Å²) in [6.07, 6.45) is 5.74. The van der Waals surface area contributed by atoms with Crippen molar-refractivity contribution in [3.63, 3.8) is 0 Å². The smallest absolute Gasteiger partial charge is 0.251 e. The van der Waals surface area contributed by atoms with Crippen molar-refractivity contribution < 1.29 is 13.2 Å². The highest BCUT2D eigenvalue weighted by atomic mass is 32.2. The van der Waals surface area contributed by atoms with Gasteiger partial charge in [0, 0.05) is 30.7 Å². The normalized spacial score (nSPS) is 19.9. The number of hydrogen-bond donors (Lipinski definition) is 2. The number of nitrogens with two attached hydrogens (primary N) is 1. The Morgan fingerprint density at radius 3 is 2.58 bits per heavy atom. The molecule has 1 fully saturated rings. The first-order valence-electron chi connectivity index (χ1n) is 9.53. The summed E-state index contributed by atoms with van der Waals surface area (Å²) in [7, 11) is -3.51. The van der Waals surface area contributed by atoms with Gasteiger partial charge in [-0.05, 0) is 50.5 Å². The number of nitrogens with zero attached hydrogens (tertiary/aromatic N) is 1. The number of piperidine rings is 1. The number of amides is 1. The van der Waals surface area contributed by atoms with Gasteiger partial charge in [0.2, 0.25) is 10.0 Å². The Balaban J connectivity index is 2.08. The van der Waals surface area contributed by atoms with Crippen LogP contribution in [0, 0.1) is 0 Å². The number of carbonyl (C=O) groups excluding carboxylic acids is 1. The molecule has 1 aromatic rings. The van der Waals surface area contributed by atoms with Crippen molar-refractivity contribution in [1.29, 1.82) is 0 Å². The molecule has 6 nitrogen and oxygen atoms in total. The fourth-order valence-corrected chi connectivity index (χ4v) is 5.01. The van der Waals surface area contributed by atoms with E-state index in [-0.39, 0.29) is 22.9 Å². The van der Waals surface area contributed by atoms with E-state index in [1.165, 1.54) is 12.1 Å². The van der Waals surface area contributed by atoms with Gasteiger partial charge in [-0.3, -0.25) is 4.79 Å². The van der Waals surface area contributed by atoms with Crippen LogP contribution in [0.1, 0.15) is 62.7 Å². The average Bonchev–Trinajstić information content (AvgIpc) is 2.65. The molecule has 2 unspecified atom stereocenters. The molecular formula is C19H31N3O3S. The zero-order chi connectivity index (χ0) is 19.2. The summed E-state index contributed by atoms with van der Waals surface area (Å²) in [5.74, 6) is -0.216. The van der Waals surface area contributed by atoms with Crippen LogP contribution in [0.15, 0.2) is 29.2 Å². The molecule has 1 aromatic carbocycles. The molecule has 7 heteroatoms. The van der Waals surface area contributed by atoms with Crippen molar-refractivity contribution in [1.82, 2.24) is 9.62 Å². The molecule has 0 spiro atoms. The fraction of sp³-hybridized carbons (Fsp3) is 0.632. The van der Waals surface area contributed by atoms with Crippen LogP contribution in [0.25, 0.3) is 0 Å². The number of benzene rings is 1. The Labute approximate surface area is 157 Å². The van der Waals surface area contributed by atoms with E-state index in [1.54, 1.807) is 16.4 Å². The van der Waals surface area contributed by atoms with E-state index >= 15 is 0 Å². The lowest BCUT2D eigenvalue weighted by atomic mass is 10.1. The van der Waals surface area contributed by atoms with E-state index in [1.807, 2.05) is 6.92 Å². The Bertz CT molecular complexity index is 688. The van der Waals surface area contributed by atoms with E-state index in [2.05, 4.69) is 12.2 Å². The second-order valence-corrected chi connectivity index (χ2v) is 8.92. The highest BCUT2D eigenvalue weighted by Gasteiger charge is 2.30. The van der Waals surface area contributed by atoms with Crippen LogP contribution < -0.4 is 11.1 Å². The average molecular weight is 382 g/mol. The molecule has 2 rings (SSSR count). The minimum Gasteiger partial charge on any atom is -0.348 e. The zero-order valence-corrected chi connectivity index (χ0v) is 16.6. The van der Waals surface area contributed by atoms with Crippen LogP contribution in [0.5, 0.6) is 0 Å². The molecule has 3 N–H and O–H groups in total. The Kier molecular flexibility index (Phi) is 7.61. The third-order valence-electron chi connectivity index (χ3n) is 4.99. The van der Waals surface area contributed by atoms with Crippen molar-refractivity contribution in [2.45, 2.75) is 69.4 Å². The largest absolute Gasteiger partial charge is 0.348 e. The second kappa shape index (κ2) is 9.48. The van der Waals surface area contributed by atoms with Gasteiger partial charge in [0.05, 0.1) is 4.90 Å². The first-order valence-corrected chi connectivity index (χ1v) is 11.0. The lowest BCUT2D eigenvalue weighted by Crippen LogP contribution is -2.42. The minimum atomic E-state index is -3.51. The molecule has 2 atom stereocenters. The van der Waals surface area contributed by atoms with Gasteiger partial charge in [-0.25, -0.2) is 8.42 Å². The maximum absolute atomic E-state index is 12.8. The standard InChI is InChI=1S/C19H31N3O3S/c1-3-4-8-17(14-20)21-19(23)16-9-11-18(12-10-16)26(24,25)22-13-6-5-7-15(22)2/h9-12,15,17H,3-8,13-14,20H2,1-2H3,(H,21,23). The van der Waals surface area contributed by atoms with Crippen molar-refractivity contribution in [2.24, 2.45) is 5.73 Å². The predicted octanol–water partition coefficient (Wildman–Crippen LogP) is 2.50. The summed E-state index contributed by atoms with van der Waals surface area (Å²) in [6, 6.07) is 6.15. The van der Waals surface area contributed by atoms with Gasteiger partial charge in [0.25, 0.3) is 5.91 Å². The molecule has 0 radical (unpaired) electrons. The van der Waals surface area contributed by atoms with Crippen molar-refractivity contribution in [3.8, 4) is 0 Å². The number of carbonyl (C=O) groups is 1. The van der Waals surface area contributed by atoms with E-state index < -0.39 is 10.0 Å². The van der Waals surface area contributed by atoms with Crippen LogP contribution in [-0.2, 0) is 10.0 Å². The summed E-state index contributed by atoms with van der Waals surface area (Å²) in [6.45, 7) is 4.99. The molecule has 0 saturated carbocycles. The third-order valence-corrected chi connectivity index (χ3v) is 7.02. The monoisotopic (exact) mass is 381 g/mol. The molecule has 0 bridgehead atoms. The number of sulfonamides is 1. The van der Waals surface area contributed by atoms with Gasteiger partial charge in [0.15, 0.2) is 0 Å². The van der Waals surface area contributed by atoms with Gasteiger partial charge in [-0.2, -0.15) is 4.31 Å². The van der Waals surface area contributed by atoms with Crippen LogP contribution in [0.4, 0.5) is 0 Å². The molecule has 0 aliphatic carbocycles. The van der Waals surface area contributed by atoms with Crippen LogP contribution in [0.3, 0.4) is 0 Å². The molecule has 1 aliphatic heterocycles. The summed E-state index contributed by atoms with van der Waals surface area (Å²) < 4.78 is 27.2. The fourth-order valence-electron chi connectivity index (χ4n) is 3.31. The number of hydrogen-bond acceptors (Lipinski definition) is 4. The van der Waals surface area contributed by atoms with Crippen LogP contribution in [-0.4, -0.2) is 43.8 Å². The van der Waals surface area contributed by atoms with Crippen LogP contribution in [0.2, 0.25) is 0 Å². The topological polar surface area (TPSA) is 92.5 Å². The summed E-state index contributed by atoms with van der Waals surface area (Å²) in [5, 5.41) is 2.92. The second-order valence-electron chi connectivity index (χ2n) is 7.03. The van der Waals surface area contributed by atoms with Crippen LogP contribution >= 0.6 is 0 Å². The van der Waals surface area contributed by atoms with Gasteiger partial charge in [-0.15, -0.1) is 0 Å². The Hall–Kier alpha value is -1.44. The summed E-state index contributed by atoms with van der Waals surface area (Å²) in [4.78, 5) is 12.6. The van der Waals surface area contributed by atoms with Gasteiger partial charge < -0.3 is 11.1 Å². The molecule has 1 heterocycles. The number of rotatable bonds is 8. The molecule has 146 valence electrons. The molecular weight excluding hydrogens is 350 g/mol. The quantitative estimate of drug-likeness (QED) is 0.723. The van der Waals surface area contributed by atoms with E-state index in [9.17, 15) is 13.2 Å². The number of nitrogens with one attached hydrogen (secondary N) is 1. The molecule has 26 heavy (non-hydrogen) atoms. The van der Waals surface area contributed by atoms with E-state index in [4.69, 9.17) is 5.73 Å². The zero-order valence-electron chi connectivity index (χ0n) is 15.8. The predicted molar refractivity (Wildman–Crippen MR) is 103 cm³/mol.